The third-order valence-electron chi connectivity index (χ3n) is 4.28. The van der Waals surface area contributed by atoms with Crippen LogP contribution in [-0.2, 0) is 16.0 Å². The van der Waals surface area contributed by atoms with Crippen molar-refractivity contribution < 1.29 is 24.1 Å². The summed E-state index contributed by atoms with van der Waals surface area (Å²) in [6.07, 6.45) is 1.39. The molecule has 0 unspecified atom stereocenters. The van der Waals surface area contributed by atoms with Crippen molar-refractivity contribution in [1.29, 1.82) is 0 Å². The molecule has 3 amide bonds. The first kappa shape index (κ1) is 17.1. The molecule has 2 N–H and O–H groups in total. The number of amides is 3. The third kappa shape index (κ3) is 3.53. The zero-order valence-corrected chi connectivity index (χ0v) is 13.3. The molecule has 1 aromatic rings. The molecule has 1 saturated heterocycles. The molecule has 25 heavy (non-hydrogen) atoms. The summed E-state index contributed by atoms with van der Waals surface area (Å²) in [7, 11) is -1.38. The van der Waals surface area contributed by atoms with Gasteiger partial charge >= 0.3 is 13.0 Å². The van der Waals surface area contributed by atoms with E-state index in [1.807, 2.05) is 0 Å². The molecule has 9 nitrogen and oxygen atoms in total. The van der Waals surface area contributed by atoms with Crippen molar-refractivity contribution >= 4 is 24.8 Å². The lowest BCUT2D eigenvalue weighted by molar-refractivity contribution is -0.133. The van der Waals surface area contributed by atoms with Gasteiger partial charge < -0.3 is 19.9 Å². The number of nitrogens with one attached hydrogen (secondary N) is 1. The average Bonchev–Trinajstić information content (AvgIpc) is 2.99. The summed E-state index contributed by atoms with van der Waals surface area (Å²) in [5.74, 6) is -2.08. The second-order valence-electron chi connectivity index (χ2n) is 6.00. The highest BCUT2D eigenvalue weighted by Gasteiger charge is 2.38. The van der Waals surface area contributed by atoms with Gasteiger partial charge in [-0.05, 0) is 24.5 Å². The number of likely N-dealkylation sites (tertiary alicyclic amines) is 1. The summed E-state index contributed by atoms with van der Waals surface area (Å²) >= 11 is 0. The number of nitroso groups, excluding NO2 is 1. The van der Waals surface area contributed by atoms with Crippen LogP contribution in [0.2, 0.25) is 0 Å². The SMILES string of the molecule is O=NC(=O)c1cccc2c1OB(O)[C@@H](NC(=O)CN1CCCC1=O)C2. The predicted octanol–water partition coefficient (Wildman–Crippen LogP) is -0.345. The number of nitrogens with zero attached hydrogens (tertiary/aromatic N) is 2. The van der Waals surface area contributed by atoms with Crippen LogP contribution in [0.3, 0.4) is 0 Å². The number of hydrogen-bond donors (Lipinski definition) is 2. The summed E-state index contributed by atoms with van der Waals surface area (Å²) in [6.45, 7) is 0.478. The highest BCUT2D eigenvalue weighted by molar-refractivity contribution is 6.47. The van der Waals surface area contributed by atoms with E-state index in [1.54, 1.807) is 12.1 Å². The molecule has 0 aliphatic carbocycles. The maximum atomic E-state index is 12.1. The fourth-order valence-electron chi connectivity index (χ4n) is 3.06. The van der Waals surface area contributed by atoms with Crippen LogP contribution in [0, 0.1) is 4.91 Å². The normalized spacial score (nSPS) is 19.2. The fourth-order valence-corrected chi connectivity index (χ4v) is 3.06. The van der Waals surface area contributed by atoms with Crippen molar-refractivity contribution in [2.75, 3.05) is 13.1 Å². The van der Waals surface area contributed by atoms with Crippen molar-refractivity contribution in [1.82, 2.24) is 10.2 Å². The minimum absolute atomic E-state index is 0.0287. The Morgan fingerprint density at radius 2 is 2.24 bits per heavy atom. The number of carbonyl (C=O) groups excluding carboxylic acids is 3. The summed E-state index contributed by atoms with van der Waals surface area (Å²) in [5.41, 5.74) is 0.543. The zero-order chi connectivity index (χ0) is 18.0. The van der Waals surface area contributed by atoms with Gasteiger partial charge in [0.15, 0.2) is 0 Å². The Morgan fingerprint density at radius 1 is 1.44 bits per heavy atom. The van der Waals surface area contributed by atoms with Gasteiger partial charge in [0.25, 0.3) is 0 Å². The molecule has 3 rings (SSSR count). The van der Waals surface area contributed by atoms with Crippen LogP contribution in [0.1, 0.15) is 28.8 Å². The monoisotopic (exact) mass is 345 g/mol. The van der Waals surface area contributed by atoms with Crippen LogP contribution >= 0.6 is 0 Å². The largest absolute Gasteiger partial charge is 0.547 e. The van der Waals surface area contributed by atoms with Crippen molar-refractivity contribution in [3.8, 4) is 5.75 Å². The van der Waals surface area contributed by atoms with Crippen LogP contribution in [0.5, 0.6) is 5.75 Å². The molecule has 10 heteroatoms. The molecular weight excluding hydrogens is 329 g/mol. The second-order valence-corrected chi connectivity index (χ2v) is 6.00. The Bertz CT molecular complexity index is 740. The summed E-state index contributed by atoms with van der Waals surface area (Å²) in [5, 5.41) is 15.1. The molecule has 2 heterocycles. The standard InChI is InChI=1S/C15H16BN3O6/c20-12(8-19-6-2-5-13(19)21)17-11-7-9-3-1-4-10(15(22)18-24)14(9)25-16(11)23/h1,3-4,11,23H,2,5-8H2,(H,17,20)/t11-/m0/s1. The first-order chi connectivity index (χ1) is 12.0. The molecule has 0 spiro atoms. The van der Waals surface area contributed by atoms with E-state index in [0.29, 0.717) is 18.5 Å². The van der Waals surface area contributed by atoms with Gasteiger partial charge in [-0.1, -0.05) is 12.1 Å². The van der Waals surface area contributed by atoms with Gasteiger partial charge in [0, 0.05) is 18.1 Å². The first-order valence-electron chi connectivity index (χ1n) is 7.91. The minimum Gasteiger partial charge on any atom is -0.534 e. The van der Waals surface area contributed by atoms with Gasteiger partial charge in [-0.15, -0.1) is 4.91 Å². The fraction of sp³-hybridized carbons (Fsp3) is 0.400. The maximum absolute atomic E-state index is 12.1. The molecule has 2 aliphatic heterocycles. The lowest BCUT2D eigenvalue weighted by Crippen LogP contribution is -2.55. The Hall–Kier alpha value is -2.75. The van der Waals surface area contributed by atoms with Gasteiger partial charge in [0.1, 0.15) is 5.75 Å². The van der Waals surface area contributed by atoms with Crippen molar-refractivity contribution in [2.24, 2.45) is 5.18 Å². The quantitative estimate of drug-likeness (QED) is 0.568. The Balaban J connectivity index is 1.69. The number of fused-ring (bicyclic) bond motifs is 1. The van der Waals surface area contributed by atoms with E-state index in [9.17, 15) is 24.3 Å². The van der Waals surface area contributed by atoms with E-state index < -0.39 is 24.9 Å². The molecule has 0 aromatic heterocycles. The molecule has 0 saturated carbocycles. The molecule has 1 fully saturated rings. The van der Waals surface area contributed by atoms with E-state index in [0.717, 1.165) is 6.42 Å². The van der Waals surface area contributed by atoms with Crippen LogP contribution < -0.4 is 9.97 Å². The smallest absolute Gasteiger partial charge is 0.534 e. The van der Waals surface area contributed by atoms with E-state index >= 15 is 0 Å². The maximum Gasteiger partial charge on any atom is 0.547 e. The Morgan fingerprint density at radius 3 is 2.92 bits per heavy atom. The minimum atomic E-state index is -1.38. The highest BCUT2D eigenvalue weighted by Crippen LogP contribution is 2.30. The predicted molar refractivity (Wildman–Crippen MR) is 86.6 cm³/mol. The number of benzene rings is 1. The van der Waals surface area contributed by atoms with Crippen LogP contribution in [0.15, 0.2) is 23.4 Å². The van der Waals surface area contributed by atoms with Crippen LogP contribution in [-0.4, -0.2) is 53.8 Å². The van der Waals surface area contributed by atoms with Gasteiger partial charge in [0.2, 0.25) is 11.8 Å². The van der Waals surface area contributed by atoms with E-state index in [4.69, 9.17) is 4.65 Å². The summed E-state index contributed by atoms with van der Waals surface area (Å²) in [6, 6.07) is 4.62. The van der Waals surface area contributed by atoms with Crippen molar-refractivity contribution in [3.05, 3.63) is 34.2 Å². The van der Waals surface area contributed by atoms with E-state index in [2.05, 4.69) is 10.5 Å². The molecule has 0 radical (unpaired) electrons. The highest BCUT2D eigenvalue weighted by atomic mass is 16.5. The molecule has 1 atom stereocenters. The number of hydrogen-bond acceptors (Lipinski definition) is 6. The lowest BCUT2D eigenvalue weighted by Gasteiger charge is -2.29. The lowest BCUT2D eigenvalue weighted by atomic mass is 9.72. The van der Waals surface area contributed by atoms with Crippen LogP contribution in [0.25, 0.3) is 0 Å². The number of para-hydroxylation sites is 1. The summed E-state index contributed by atoms with van der Waals surface area (Å²) < 4.78 is 5.33. The van der Waals surface area contributed by atoms with Crippen molar-refractivity contribution in [3.63, 3.8) is 0 Å². The van der Waals surface area contributed by atoms with Gasteiger partial charge in [-0.2, -0.15) is 0 Å². The number of rotatable bonds is 4. The zero-order valence-electron chi connectivity index (χ0n) is 13.3. The van der Waals surface area contributed by atoms with Crippen LogP contribution in [0.4, 0.5) is 0 Å². The first-order valence-corrected chi connectivity index (χ1v) is 7.91. The molecular formula is C15H16BN3O6. The molecule has 1 aromatic carbocycles. The summed E-state index contributed by atoms with van der Waals surface area (Å²) in [4.78, 5) is 47.1. The molecule has 130 valence electrons. The number of carbonyl (C=O) groups is 3. The average molecular weight is 345 g/mol. The molecule has 0 bridgehead atoms. The van der Waals surface area contributed by atoms with Gasteiger partial charge in [0.05, 0.1) is 18.0 Å². The second kappa shape index (κ2) is 7.02. The van der Waals surface area contributed by atoms with E-state index in [1.165, 1.54) is 11.0 Å². The molecule has 2 aliphatic rings. The van der Waals surface area contributed by atoms with Gasteiger partial charge in [-0.25, -0.2) is 0 Å². The van der Waals surface area contributed by atoms with E-state index in [-0.39, 0.29) is 30.2 Å². The Kier molecular flexibility index (Phi) is 4.80. The van der Waals surface area contributed by atoms with Gasteiger partial charge in [-0.3, -0.25) is 14.4 Å². The Labute approximate surface area is 143 Å². The van der Waals surface area contributed by atoms with Crippen molar-refractivity contribution in [2.45, 2.75) is 25.2 Å². The third-order valence-corrected chi connectivity index (χ3v) is 4.28. The topological polar surface area (TPSA) is 125 Å².